The third kappa shape index (κ3) is 4.31. The van der Waals surface area contributed by atoms with Crippen LogP contribution in [0.15, 0.2) is 24.3 Å². The summed E-state index contributed by atoms with van der Waals surface area (Å²) in [6.07, 6.45) is 1.69. The van der Waals surface area contributed by atoms with Crippen molar-refractivity contribution in [3.8, 4) is 0 Å². The summed E-state index contributed by atoms with van der Waals surface area (Å²) in [6.45, 7) is 8.24. The van der Waals surface area contributed by atoms with Gasteiger partial charge in [0.2, 0.25) is 5.91 Å². The SMILES string of the molecule is Cc1ccccc1CNC(=O)C(C)N1CCC(C(C)O)CC1. The molecule has 1 heterocycles. The summed E-state index contributed by atoms with van der Waals surface area (Å²) in [6, 6.07) is 8.01. The molecule has 2 N–H and O–H groups in total. The van der Waals surface area contributed by atoms with Crippen LogP contribution in [0.4, 0.5) is 0 Å². The summed E-state index contributed by atoms with van der Waals surface area (Å²) < 4.78 is 0. The third-order valence-corrected chi connectivity index (χ3v) is 4.90. The number of carbonyl (C=O) groups is 1. The van der Waals surface area contributed by atoms with Crippen LogP contribution in [0.3, 0.4) is 0 Å². The lowest BCUT2D eigenvalue weighted by atomic mass is 9.91. The van der Waals surface area contributed by atoms with Gasteiger partial charge in [-0.15, -0.1) is 0 Å². The fourth-order valence-corrected chi connectivity index (χ4v) is 3.09. The molecule has 2 atom stereocenters. The Morgan fingerprint density at radius 3 is 2.55 bits per heavy atom. The Morgan fingerprint density at radius 2 is 1.95 bits per heavy atom. The minimum atomic E-state index is -0.243. The predicted molar refractivity (Wildman–Crippen MR) is 88.5 cm³/mol. The van der Waals surface area contributed by atoms with Crippen LogP contribution in [0, 0.1) is 12.8 Å². The van der Waals surface area contributed by atoms with Gasteiger partial charge >= 0.3 is 0 Å². The first-order chi connectivity index (χ1) is 10.5. The van der Waals surface area contributed by atoms with E-state index in [4.69, 9.17) is 0 Å². The predicted octanol–water partition coefficient (Wildman–Crippen LogP) is 2.09. The van der Waals surface area contributed by atoms with Crippen molar-refractivity contribution in [2.75, 3.05) is 13.1 Å². The van der Waals surface area contributed by atoms with Gasteiger partial charge in [0.25, 0.3) is 0 Å². The number of benzene rings is 1. The second kappa shape index (κ2) is 7.75. The number of aliphatic hydroxyl groups excluding tert-OH is 1. The smallest absolute Gasteiger partial charge is 0.237 e. The zero-order chi connectivity index (χ0) is 16.1. The van der Waals surface area contributed by atoms with Crippen LogP contribution in [-0.2, 0) is 11.3 Å². The Bertz CT molecular complexity index is 494. The molecular weight excluding hydrogens is 276 g/mol. The molecule has 1 saturated heterocycles. The van der Waals surface area contributed by atoms with E-state index in [-0.39, 0.29) is 18.1 Å². The monoisotopic (exact) mass is 304 g/mol. The fraction of sp³-hybridized carbons (Fsp3) is 0.611. The highest BCUT2D eigenvalue weighted by Crippen LogP contribution is 2.22. The maximum absolute atomic E-state index is 12.3. The first kappa shape index (κ1) is 17.0. The molecule has 2 rings (SSSR count). The maximum atomic E-state index is 12.3. The van der Waals surface area contributed by atoms with Gasteiger partial charge in [0.15, 0.2) is 0 Å². The van der Waals surface area contributed by atoms with Crippen LogP contribution < -0.4 is 5.32 Å². The summed E-state index contributed by atoms with van der Waals surface area (Å²) in [7, 11) is 0. The van der Waals surface area contributed by atoms with E-state index in [0.29, 0.717) is 12.5 Å². The standard InChI is InChI=1S/C18H28N2O2/c1-13-6-4-5-7-17(13)12-19-18(22)14(2)20-10-8-16(9-11-20)15(3)21/h4-7,14-16,21H,8-12H2,1-3H3,(H,19,22). The molecule has 4 heteroatoms. The van der Waals surface area contributed by atoms with E-state index in [0.717, 1.165) is 31.5 Å². The Kier molecular flexibility index (Phi) is 5.98. The van der Waals surface area contributed by atoms with Crippen molar-refractivity contribution in [2.45, 2.75) is 52.3 Å². The van der Waals surface area contributed by atoms with E-state index < -0.39 is 0 Å². The van der Waals surface area contributed by atoms with Gasteiger partial charge in [-0.25, -0.2) is 0 Å². The number of nitrogens with zero attached hydrogens (tertiary/aromatic N) is 1. The highest BCUT2D eigenvalue weighted by atomic mass is 16.3. The van der Waals surface area contributed by atoms with E-state index in [9.17, 15) is 9.90 Å². The summed E-state index contributed by atoms with van der Waals surface area (Å²) in [5.74, 6) is 0.456. The van der Waals surface area contributed by atoms with Gasteiger partial charge in [-0.2, -0.15) is 0 Å². The zero-order valence-corrected chi connectivity index (χ0v) is 13.9. The number of hydrogen-bond acceptors (Lipinski definition) is 3. The molecular formula is C18H28N2O2. The van der Waals surface area contributed by atoms with Crippen LogP contribution in [0.5, 0.6) is 0 Å². The second-order valence-corrected chi connectivity index (χ2v) is 6.43. The number of likely N-dealkylation sites (tertiary alicyclic amines) is 1. The van der Waals surface area contributed by atoms with Gasteiger partial charge in [-0.3, -0.25) is 9.69 Å². The van der Waals surface area contributed by atoms with Crippen LogP contribution in [0.25, 0.3) is 0 Å². The van der Waals surface area contributed by atoms with Crippen molar-refractivity contribution in [1.29, 1.82) is 0 Å². The maximum Gasteiger partial charge on any atom is 0.237 e. The average molecular weight is 304 g/mol. The molecule has 2 unspecified atom stereocenters. The average Bonchev–Trinajstić information content (AvgIpc) is 2.53. The van der Waals surface area contributed by atoms with Gasteiger partial charge in [0.05, 0.1) is 12.1 Å². The van der Waals surface area contributed by atoms with Gasteiger partial charge in [-0.1, -0.05) is 24.3 Å². The van der Waals surface area contributed by atoms with Crippen molar-refractivity contribution in [2.24, 2.45) is 5.92 Å². The number of piperidine rings is 1. The molecule has 0 bridgehead atoms. The summed E-state index contributed by atoms with van der Waals surface area (Å²) in [4.78, 5) is 14.6. The van der Waals surface area contributed by atoms with E-state index >= 15 is 0 Å². The molecule has 0 aliphatic carbocycles. The van der Waals surface area contributed by atoms with Crippen molar-refractivity contribution in [3.05, 3.63) is 35.4 Å². The Morgan fingerprint density at radius 1 is 1.32 bits per heavy atom. The van der Waals surface area contributed by atoms with Crippen molar-refractivity contribution < 1.29 is 9.90 Å². The zero-order valence-electron chi connectivity index (χ0n) is 13.9. The molecule has 1 aromatic carbocycles. The number of hydrogen-bond donors (Lipinski definition) is 2. The Balaban J connectivity index is 1.81. The number of aryl methyl sites for hydroxylation is 1. The van der Waals surface area contributed by atoms with Gasteiger partial charge in [0, 0.05) is 6.54 Å². The first-order valence-electron chi connectivity index (χ1n) is 8.23. The number of amides is 1. The second-order valence-electron chi connectivity index (χ2n) is 6.43. The molecule has 0 radical (unpaired) electrons. The molecule has 0 spiro atoms. The van der Waals surface area contributed by atoms with Crippen LogP contribution in [0.2, 0.25) is 0 Å². The Hall–Kier alpha value is -1.39. The lowest BCUT2D eigenvalue weighted by Crippen LogP contribution is -2.49. The molecule has 1 aromatic rings. The largest absolute Gasteiger partial charge is 0.393 e. The molecule has 1 aliphatic rings. The summed E-state index contributed by atoms with van der Waals surface area (Å²) >= 11 is 0. The van der Waals surface area contributed by atoms with Crippen molar-refractivity contribution >= 4 is 5.91 Å². The number of aliphatic hydroxyl groups is 1. The molecule has 1 fully saturated rings. The molecule has 122 valence electrons. The van der Waals surface area contributed by atoms with E-state index in [2.05, 4.69) is 29.3 Å². The molecule has 22 heavy (non-hydrogen) atoms. The molecule has 1 amide bonds. The number of carbonyl (C=O) groups excluding carboxylic acids is 1. The molecule has 4 nitrogen and oxygen atoms in total. The fourth-order valence-electron chi connectivity index (χ4n) is 3.09. The van der Waals surface area contributed by atoms with E-state index in [1.54, 1.807) is 0 Å². The van der Waals surface area contributed by atoms with E-state index in [1.165, 1.54) is 5.56 Å². The lowest BCUT2D eigenvalue weighted by molar-refractivity contribution is -0.126. The Labute approximate surface area is 133 Å². The van der Waals surface area contributed by atoms with Gasteiger partial charge in [-0.05, 0) is 63.7 Å². The molecule has 1 aliphatic heterocycles. The van der Waals surface area contributed by atoms with Gasteiger partial charge < -0.3 is 10.4 Å². The minimum Gasteiger partial charge on any atom is -0.393 e. The summed E-state index contributed by atoms with van der Waals surface area (Å²) in [5, 5.41) is 12.7. The van der Waals surface area contributed by atoms with Crippen molar-refractivity contribution in [3.63, 3.8) is 0 Å². The molecule has 0 aromatic heterocycles. The van der Waals surface area contributed by atoms with Crippen LogP contribution in [0.1, 0.15) is 37.8 Å². The summed E-state index contributed by atoms with van der Waals surface area (Å²) in [5.41, 5.74) is 2.36. The highest BCUT2D eigenvalue weighted by molar-refractivity contribution is 5.81. The molecule has 0 saturated carbocycles. The highest BCUT2D eigenvalue weighted by Gasteiger charge is 2.28. The first-order valence-corrected chi connectivity index (χ1v) is 8.23. The quantitative estimate of drug-likeness (QED) is 0.876. The van der Waals surface area contributed by atoms with E-state index in [1.807, 2.05) is 26.0 Å². The number of nitrogens with one attached hydrogen (secondary N) is 1. The topological polar surface area (TPSA) is 52.6 Å². The number of rotatable bonds is 5. The normalized spacial score (nSPS) is 19.6. The lowest BCUT2D eigenvalue weighted by Gasteiger charge is -2.36. The third-order valence-electron chi connectivity index (χ3n) is 4.90. The minimum absolute atomic E-state index is 0.0822. The van der Waals surface area contributed by atoms with Crippen molar-refractivity contribution in [1.82, 2.24) is 10.2 Å². The van der Waals surface area contributed by atoms with Crippen LogP contribution in [-0.4, -0.2) is 41.1 Å². The van der Waals surface area contributed by atoms with Crippen LogP contribution >= 0.6 is 0 Å². The van der Waals surface area contributed by atoms with Gasteiger partial charge in [0.1, 0.15) is 0 Å².